The summed E-state index contributed by atoms with van der Waals surface area (Å²) in [6.45, 7) is 2.87. The van der Waals surface area contributed by atoms with E-state index in [0.717, 1.165) is 30.5 Å². The molecule has 0 aliphatic rings. The zero-order valence-corrected chi connectivity index (χ0v) is 12.5. The van der Waals surface area contributed by atoms with Crippen LogP contribution in [-0.2, 0) is 12.8 Å². The van der Waals surface area contributed by atoms with Gasteiger partial charge in [-0.2, -0.15) is 0 Å². The number of hydrogen-bond donors (Lipinski definition) is 1. The number of rotatable bonds is 7. The van der Waals surface area contributed by atoms with Crippen LogP contribution in [0.15, 0.2) is 48.5 Å². The zero-order chi connectivity index (χ0) is 15.9. The predicted molar refractivity (Wildman–Crippen MR) is 84.4 cm³/mol. The Bertz CT molecular complexity index is 612. The summed E-state index contributed by atoms with van der Waals surface area (Å²) in [5.74, 6) is -0.220. The third-order valence-electron chi connectivity index (χ3n) is 3.51. The molecule has 0 aromatic heterocycles. The molecule has 0 heterocycles. The topological polar surface area (TPSA) is 55.2 Å². The highest BCUT2D eigenvalue weighted by atomic mass is 19.1. The maximum Gasteiger partial charge on any atom is 0.269 e. The van der Waals surface area contributed by atoms with Crippen molar-refractivity contribution in [2.45, 2.75) is 25.8 Å². The molecular weight excluding hydrogens is 283 g/mol. The predicted octanol–water partition coefficient (Wildman–Crippen LogP) is 3.50. The van der Waals surface area contributed by atoms with Crippen molar-refractivity contribution in [2.24, 2.45) is 0 Å². The first-order chi connectivity index (χ1) is 10.5. The van der Waals surface area contributed by atoms with Crippen LogP contribution in [-0.4, -0.2) is 17.5 Å². The van der Waals surface area contributed by atoms with Crippen LogP contribution in [0.4, 0.5) is 10.1 Å². The Labute approximate surface area is 129 Å². The van der Waals surface area contributed by atoms with Crippen LogP contribution in [0, 0.1) is 15.9 Å². The largest absolute Gasteiger partial charge is 0.314 e. The van der Waals surface area contributed by atoms with Crippen LogP contribution in [0.3, 0.4) is 0 Å². The summed E-state index contributed by atoms with van der Waals surface area (Å²) in [5, 5.41) is 14.0. The molecule has 1 atom stereocenters. The highest BCUT2D eigenvalue weighted by molar-refractivity contribution is 5.32. The standard InChI is InChI=1S/C17H19FN2O2/c1-13(12-15-2-6-16(18)7-3-15)19-11-10-14-4-8-17(9-5-14)20(21)22/h2-9,13,19H,10-12H2,1H3. The molecule has 0 radical (unpaired) electrons. The number of nitrogens with zero attached hydrogens (tertiary/aromatic N) is 1. The number of halogens is 1. The van der Waals surface area contributed by atoms with E-state index in [1.165, 1.54) is 24.3 Å². The number of non-ortho nitro benzene ring substituents is 1. The van der Waals surface area contributed by atoms with Crippen LogP contribution < -0.4 is 5.32 Å². The molecule has 0 bridgehead atoms. The second-order valence-electron chi connectivity index (χ2n) is 5.36. The van der Waals surface area contributed by atoms with Gasteiger partial charge in [0, 0.05) is 18.2 Å². The van der Waals surface area contributed by atoms with Gasteiger partial charge in [0.15, 0.2) is 0 Å². The minimum atomic E-state index is -0.396. The van der Waals surface area contributed by atoms with Crippen molar-refractivity contribution in [3.05, 3.63) is 75.6 Å². The van der Waals surface area contributed by atoms with Crippen molar-refractivity contribution in [3.63, 3.8) is 0 Å². The van der Waals surface area contributed by atoms with E-state index in [2.05, 4.69) is 12.2 Å². The molecule has 0 aliphatic carbocycles. The molecule has 0 aliphatic heterocycles. The van der Waals surface area contributed by atoms with Crippen molar-refractivity contribution in [1.82, 2.24) is 5.32 Å². The smallest absolute Gasteiger partial charge is 0.269 e. The van der Waals surface area contributed by atoms with Gasteiger partial charge in [-0.1, -0.05) is 24.3 Å². The van der Waals surface area contributed by atoms with E-state index in [1.807, 2.05) is 0 Å². The van der Waals surface area contributed by atoms with E-state index in [-0.39, 0.29) is 17.5 Å². The highest BCUT2D eigenvalue weighted by Crippen LogP contribution is 2.12. The molecule has 4 nitrogen and oxygen atoms in total. The molecule has 22 heavy (non-hydrogen) atoms. The third kappa shape index (κ3) is 4.93. The fraction of sp³-hybridized carbons (Fsp3) is 0.294. The Balaban J connectivity index is 1.75. The molecular formula is C17H19FN2O2. The average Bonchev–Trinajstić information content (AvgIpc) is 2.50. The van der Waals surface area contributed by atoms with Gasteiger partial charge in [-0.25, -0.2) is 4.39 Å². The zero-order valence-electron chi connectivity index (χ0n) is 12.5. The summed E-state index contributed by atoms with van der Waals surface area (Å²) in [6, 6.07) is 13.4. The van der Waals surface area contributed by atoms with E-state index in [1.54, 1.807) is 24.3 Å². The molecule has 116 valence electrons. The second-order valence-corrected chi connectivity index (χ2v) is 5.36. The average molecular weight is 302 g/mol. The lowest BCUT2D eigenvalue weighted by atomic mass is 10.1. The van der Waals surface area contributed by atoms with Crippen molar-refractivity contribution in [1.29, 1.82) is 0 Å². The van der Waals surface area contributed by atoms with Gasteiger partial charge in [0.2, 0.25) is 0 Å². The van der Waals surface area contributed by atoms with Gasteiger partial charge in [0.1, 0.15) is 5.82 Å². The Morgan fingerprint density at radius 3 is 2.27 bits per heavy atom. The van der Waals surface area contributed by atoms with Crippen LogP contribution in [0.25, 0.3) is 0 Å². The lowest BCUT2D eigenvalue weighted by molar-refractivity contribution is -0.384. The molecule has 0 amide bonds. The fourth-order valence-corrected chi connectivity index (χ4v) is 2.29. The Morgan fingerprint density at radius 2 is 1.68 bits per heavy atom. The molecule has 2 aromatic rings. The number of nitrogens with one attached hydrogen (secondary N) is 1. The van der Waals surface area contributed by atoms with E-state index >= 15 is 0 Å². The number of nitro benzene ring substituents is 1. The molecule has 0 saturated carbocycles. The van der Waals surface area contributed by atoms with Gasteiger partial charge >= 0.3 is 0 Å². The number of benzene rings is 2. The van der Waals surface area contributed by atoms with Crippen molar-refractivity contribution in [2.75, 3.05) is 6.54 Å². The molecule has 0 fully saturated rings. The second kappa shape index (κ2) is 7.66. The lowest BCUT2D eigenvalue weighted by Crippen LogP contribution is -2.29. The van der Waals surface area contributed by atoms with Gasteiger partial charge in [0.25, 0.3) is 5.69 Å². The van der Waals surface area contributed by atoms with E-state index in [4.69, 9.17) is 0 Å². The number of nitro groups is 1. The molecule has 1 N–H and O–H groups in total. The molecule has 2 rings (SSSR count). The summed E-state index contributed by atoms with van der Waals surface area (Å²) >= 11 is 0. The van der Waals surface area contributed by atoms with Crippen molar-refractivity contribution >= 4 is 5.69 Å². The molecule has 2 aromatic carbocycles. The van der Waals surface area contributed by atoms with Crippen LogP contribution in [0.5, 0.6) is 0 Å². The SMILES string of the molecule is CC(Cc1ccc(F)cc1)NCCc1ccc([N+](=O)[O-])cc1. The quantitative estimate of drug-likeness (QED) is 0.629. The van der Waals surface area contributed by atoms with Gasteiger partial charge in [0.05, 0.1) is 4.92 Å². The number of hydrogen-bond acceptors (Lipinski definition) is 3. The van der Waals surface area contributed by atoms with E-state index < -0.39 is 4.92 Å². The Kier molecular flexibility index (Phi) is 5.61. The van der Waals surface area contributed by atoms with Crippen LogP contribution >= 0.6 is 0 Å². The van der Waals surface area contributed by atoms with Gasteiger partial charge in [-0.15, -0.1) is 0 Å². The van der Waals surface area contributed by atoms with Crippen molar-refractivity contribution < 1.29 is 9.31 Å². The van der Waals surface area contributed by atoms with Gasteiger partial charge in [-0.05, 0) is 49.6 Å². The first kappa shape index (κ1) is 16.1. The minimum absolute atomic E-state index is 0.112. The maximum atomic E-state index is 12.8. The van der Waals surface area contributed by atoms with Gasteiger partial charge in [-0.3, -0.25) is 10.1 Å². The summed E-state index contributed by atoms with van der Waals surface area (Å²) in [6.07, 6.45) is 1.65. The molecule has 0 saturated heterocycles. The minimum Gasteiger partial charge on any atom is -0.314 e. The first-order valence-electron chi connectivity index (χ1n) is 7.26. The summed E-state index contributed by atoms with van der Waals surface area (Å²) in [4.78, 5) is 10.2. The maximum absolute atomic E-state index is 12.8. The van der Waals surface area contributed by atoms with E-state index in [9.17, 15) is 14.5 Å². The van der Waals surface area contributed by atoms with Gasteiger partial charge < -0.3 is 5.32 Å². The molecule has 0 spiro atoms. The normalized spacial score (nSPS) is 12.1. The Hall–Kier alpha value is -2.27. The first-order valence-corrected chi connectivity index (χ1v) is 7.26. The summed E-state index contributed by atoms with van der Waals surface area (Å²) in [7, 11) is 0. The fourth-order valence-electron chi connectivity index (χ4n) is 2.29. The summed E-state index contributed by atoms with van der Waals surface area (Å²) in [5.41, 5.74) is 2.27. The monoisotopic (exact) mass is 302 g/mol. The van der Waals surface area contributed by atoms with Crippen LogP contribution in [0.1, 0.15) is 18.1 Å². The summed E-state index contributed by atoms with van der Waals surface area (Å²) < 4.78 is 12.8. The lowest BCUT2D eigenvalue weighted by Gasteiger charge is -2.14. The highest BCUT2D eigenvalue weighted by Gasteiger charge is 2.05. The van der Waals surface area contributed by atoms with E-state index in [0.29, 0.717) is 0 Å². The molecule has 1 unspecified atom stereocenters. The van der Waals surface area contributed by atoms with Crippen LogP contribution in [0.2, 0.25) is 0 Å². The van der Waals surface area contributed by atoms with Crippen molar-refractivity contribution in [3.8, 4) is 0 Å². The Morgan fingerprint density at radius 1 is 1.09 bits per heavy atom. The third-order valence-corrected chi connectivity index (χ3v) is 3.51. The molecule has 5 heteroatoms.